The Morgan fingerprint density at radius 3 is 2.65 bits per heavy atom. The van der Waals surface area contributed by atoms with E-state index >= 15 is 0 Å². The fourth-order valence-corrected chi connectivity index (χ4v) is 3.44. The van der Waals surface area contributed by atoms with Gasteiger partial charge in [0, 0.05) is 10.6 Å². The zero-order valence-electron chi connectivity index (χ0n) is 11.0. The average molecular weight is 299 g/mol. The minimum atomic E-state index is -0.867. The molecule has 1 aromatic rings. The number of carboxylic acids is 1. The van der Waals surface area contributed by atoms with Crippen LogP contribution in [-0.2, 0) is 4.79 Å². The second-order valence-corrected chi connectivity index (χ2v) is 6.36. The molecule has 0 amide bonds. The van der Waals surface area contributed by atoms with E-state index in [9.17, 15) is 14.3 Å². The van der Waals surface area contributed by atoms with Crippen molar-refractivity contribution in [3.05, 3.63) is 24.0 Å². The number of hydrogen-bond donors (Lipinski definition) is 3. The third-order valence-electron chi connectivity index (χ3n) is 3.74. The molecule has 1 aliphatic rings. The van der Waals surface area contributed by atoms with Crippen molar-refractivity contribution < 1.29 is 19.4 Å². The summed E-state index contributed by atoms with van der Waals surface area (Å²) in [5.74, 6) is -1.17. The molecule has 0 radical (unpaired) electrons. The summed E-state index contributed by atoms with van der Waals surface area (Å²) in [7, 11) is 0. The van der Waals surface area contributed by atoms with E-state index in [2.05, 4.69) is 0 Å². The highest BCUT2D eigenvalue weighted by atomic mass is 32.2. The Kier molecular flexibility index (Phi) is 4.55. The first-order valence-electron chi connectivity index (χ1n) is 6.53. The zero-order chi connectivity index (χ0) is 14.8. The first-order chi connectivity index (χ1) is 9.39. The van der Waals surface area contributed by atoms with Gasteiger partial charge in [0.2, 0.25) is 0 Å². The maximum Gasteiger partial charge on any atom is 0.306 e. The molecule has 0 aliphatic heterocycles. The van der Waals surface area contributed by atoms with E-state index in [1.54, 1.807) is 6.07 Å². The quantitative estimate of drug-likeness (QED) is 0.587. The van der Waals surface area contributed by atoms with Crippen molar-refractivity contribution in [1.29, 1.82) is 0 Å². The Morgan fingerprint density at radius 2 is 2.10 bits per heavy atom. The van der Waals surface area contributed by atoms with Gasteiger partial charge in [-0.15, -0.1) is 11.8 Å². The number of benzene rings is 1. The molecule has 0 bridgehead atoms. The Bertz CT molecular complexity index is 501. The molecule has 0 saturated heterocycles. The summed E-state index contributed by atoms with van der Waals surface area (Å²) >= 11 is 1.37. The van der Waals surface area contributed by atoms with Crippen LogP contribution in [0.3, 0.4) is 0 Å². The van der Waals surface area contributed by atoms with Crippen LogP contribution in [0.2, 0.25) is 0 Å². The van der Waals surface area contributed by atoms with Crippen molar-refractivity contribution in [2.24, 2.45) is 5.92 Å². The predicted octanol–water partition coefficient (Wildman–Crippen LogP) is 2.51. The normalized spacial score (nSPS) is 26.4. The maximum absolute atomic E-state index is 13.3. The van der Waals surface area contributed by atoms with Gasteiger partial charge >= 0.3 is 5.97 Å². The fraction of sp³-hybridized carbons (Fsp3) is 0.500. The van der Waals surface area contributed by atoms with E-state index < -0.39 is 17.4 Å². The highest BCUT2D eigenvalue weighted by Gasteiger charge is 2.35. The van der Waals surface area contributed by atoms with Gasteiger partial charge in [-0.05, 0) is 43.9 Å². The molecule has 1 aliphatic carbocycles. The predicted molar refractivity (Wildman–Crippen MR) is 76.1 cm³/mol. The van der Waals surface area contributed by atoms with Crippen molar-refractivity contribution in [2.45, 2.75) is 36.2 Å². The molecule has 1 aromatic carbocycles. The van der Waals surface area contributed by atoms with Gasteiger partial charge in [-0.1, -0.05) is 0 Å². The van der Waals surface area contributed by atoms with Gasteiger partial charge in [0.1, 0.15) is 5.82 Å². The molecule has 2 rings (SSSR count). The van der Waals surface area contributed by atoms with Crippen LogP contribution in [0.4, 0.5) is 10.1 Å². The van der Waals surface area contributed by atoms with E-state index in [4.69, 9.17) is 10.8 Å². The average Bonchev–Trinajstić information content (AvgIpc) is 2.41. The number of nitrogens with two attached hydrogens (primary N) is 1. The lowest BCUT2D eigenvalue weighted by Gasteiger charge is -2.34. The molecule has 20 heavy (non-hydrogen) atoms. The van der Waals surface area contributed by atoms with Gasteiger partial charge in [0.05, 0.1) is 17.2 Å². The van der Waals surface area contributed by atoms with Crippen LogP contribution < -0.4 is 5.73 Å². The van der Waals surface area contributed by atoms with Gasteiger partial charge in [0.15, 0.2) is 0 Å². The number of aliphatic hydroxyl groups is 1. The lowest BCUT2D eigenvalue weighted by atomic mass is 9.80. The minimum absolute atomic E-state index is 0.107. The van der Waals surface area contributed by atoms with Crippen LogP contribution in [0, 0.1) is 11.7 Å². The number of hydrogen-bond acceptors (Lipinski definition) is 4. The molecule has 1 saturated carbocycles. The SMILES string of the molecule is Nc1ccc(SCC2(O)CCC(C(=O)O)CC2)cc1F. The lowest BCUT2D eigenvalue weighted by molar-refractivity contribution is -0.144. The van der Waals surface area contributed by atoms with E-state index in [-0.39, 0.29) is 11.6 Å². The second kappa shape index (κ2) is 6.01. The topological polar surface area (TPSA) is 83.5 Å². The van der Waals surface area contributed by atoms with Crippen LogP contribution in [0.1, 0.15) is 25.7 Å². The summed E-state index contributed by atoms with van der Waals surface area (Å²) < 4.78 is 13.3. The van der Waals surface area contributed by atoms with Crippen molar-refractivity contribution in [3.8, 4) is 0 Å². The molecular formula is C14H18FNO3S. The second-order valence-electron chi connectivity index (χ2n) is 5.31. The summed E-state index contributed by atoms with van der Waals surface area (Å²) in [6, 6.07) is 4.57. The van der Waals surface area contributed by atoms with Crippen LogP contribution in [-0.4, -0.2) is 27.5 Å². The Morgan fingerprint density at radius 1 is 1.45 bits per heavy atom. The molecule has 4 nitrogen and oxygen atoms in total. The summed E-state index contributed by atoms with van der Waals surface area (Å²) in [6.07, 6.45) is 1.91. The first kappa shape index (κ1) is 15.1. The number of nitrogen functional groups attached to an aromatic ring is 1. The van der Waals surface area contributed by atoms with Crippen LogP contribution in [0.5, 0.6) is 0 Å². The monoisotopic (exact) mass is 299 g/mol. The van der Waals surface area contributed by atoms with Crippen LogP contribution in [0.15, 0.2) is 23.1 Å². The third kappa shape index (κ3) is 3.64. The summed E-state index contributed by atoms with van der Waals surface area (Å²) in [4.78, 5) is 11.6. The third-order valence-corrected chi connectivity index (χ3v) is 5.01. The smallest absolute Gasteiger partial charge is 0.306 e. The van der Waals surface area contributed by atoms with E-state index in [1.165, 1.54) is 23.9 Å². The van der Waals surface area contributed by atoms with E-state index in [0.717, 1.165) is 0 Å². The number of carbonyl (C=O) groups is 1. The van der Waals surface area contributed by atoms with E-state index in [0.29, 0.717) is 36.3 Å². The molecule has 0 spiro atoms. The van der Waals surface area contributed by atoms with Crippen LogP contribution in [0.25, 0.3) is 0 Å². The van der Waals surface area contributed by atoms with Gasteiger partial charge in [-0.3, -0.25) is 4.79 Å². The Balaban J connectivity index is 1.90. The van der Waals surface area contributed by atoms with Crippen molar-refractivity contribution >= 4 is 23.4 Å². The van der Waals surface area contributed by atoms with Crippen molar-refractivity contribution in [3.63, 3.8) is 0 Å². The highest BCUT2D eigenvalue weighted by molar-refractivity contribution is 7.99. The molecule has 0 atom stereocenters. The maximum atomic E-state index is 13.3. The molecule has 6 heteroatoms. The molecule has 0 aromatic heterocycles. The minimum Gasteiger partial charge on any atom is -0.481 e. The van der Waals surface area contributed by atoms with Crippen molar-refractivity contribution in [1.82, 2.24) is 0 Å². The van der Waals surface area contributed by atoms with Crippen LogP contribution >= 0.6 is 11.8 Å². The number of carboxylic acid groups (broad SMARTS) is 1. The summed E-state index contributed by atoms with van der Waals surface area (Å²) in [5, 5.41) is 19.4. The number of rotatable bonds is 4. The summed E-state index contributed by atoms with van der Waals surface area (Å²) in [6.45, 7) is 0. The number of halogens is 1. The lowest BCUT2D eigenvalue weighted by Crippen LogP contribution is -2.38. The van der Waals surface area contributed by atoms with Gasteiger partial charge < -0.3 is 15.9 Å². The molecule has 0 unspecified atom stereocenters. The number of thioether (sulfide) groups is 1. The molecule has 0 heterocycles. The van der Waals surface area contributed by atoms with Gasteiger partial charge in [-0.25, -0.2) is 4.39 Å². The number of anilines is 1. The van der Waals surface area contributed by atoms with Gasteiger partial charge in [0.25, 0.3) is 0 Å². The highest BCUT2D eigenvalue weighted by Crippen LogP contribution is 2.36. The van der Waals surface area contributed by atoms with Gasteiger partial charge in [-0.2, -0.15) is 0 Å². The Labute approximate surface area is 121 Å². The molecule has 4 N–H and O–H groups in total. The molecule has 1 fully saturated rings. The number of aliphatic carboxylic acids is 1. The molecular weight excluding hydrogens is 281 g/mol. The summed E-state index contributed by atoms with van der Waals surface area (Å²) in [5.41, 5.74) is 4.65. The van der Waals surface area contributed by atoms with Crippen molar-refractivity contribution in [2.75, 3.05) is 11.5 Å². The molecule has 110 valence electrons. The first-order valence-corrected chi connectivity index (χ1v) is 7.51. The fourth-order valence-electron chi connectivity index (χ4n) is 2.36. The zero-order valence-corrected chi connectivity index (χ0v) is 11.8. The standard InChI is InChI=1S/C14H18FNO3S/c15-11-7-10(1-2-12(11)16)20-8-14(19)5-3-9(4-6-14)13(17)18/h1-2,7,9,19H,3-6,8,16H2,(H,17,18). The Hall–Kier alpha value is -1.27. The van der Waals surface area contributed by atoms with E-state index in [1.807, 2.05) is 0 Å². The largest absolute Gasteiger partial charge is 0.481 e.